The van der Waals surface area contributed by atoms with Crippen LogP contribution < -0.4 is 0 Å². The lowest BCUT2D eigenvalue weighted by atomic mass is 9.95. The highest BCUT2D eigenvalue weighted by Gasteiger charge is 2.40. The van der Waals surface area contributed by atoms with Crippen molar-refractivity contribution in [2.24, 2.45) is 5.92 Å². The highest BCUT2D eigenvalue weighted by Crippen LogP contribution is 2.39. The van der Waals surface area contributed by atoms with Crippen molar-refractivity contribution in [2.45, 2.75) is 31.8 Å². The van der Waals surface area contributed by atoms with Crippen molar-refractivity contribution in [2.75, 3.05) is 6.54 Å². The molecular weight excluding hydrogens is 359 g/mol. The Labute approximate surface area is 154 Å². The second kappa shape index (κ2) is 7.92. The summed E-state index contributed by atoms with van der Waals surface area (Å²) in [5.41, 5.74) is 1.83. The standard InChI is InChI=1S/C18H18FNOS.HNO3/c19-15-4-2-1-3-14(15)17(18(21)12-5-6-12)20-9-7-16-13(11-20)8-10-22-16;2-1(3)4/h1-4,8,10,12,17H,5-7,9,11H2;(H,2,3,4). The lowest BCUT2D eigenvalue weighted by Crippen LogP contribution is -2.38. The molecule has 2 aliphatic rings. The minimum absolute atomic E-state index is 0.133. The summed E-state index contributed by atoms with van der Waals surface area (Å²) in [6.07, 6.45) is 2.87. The highest BCUT2D eigenvalue weighted by atomic mass is 32.1. The van der Waals surface area contributed by atoms with Gasteiger partial charge >= 0.3 is 0 Å². The number of carbonyl (C=O) groups excluding carboxylic acids is 1. The molecule has 1 unspecified atom stereocenters. The molecule has 6 nitrogen and oxygen atoms in total. The Hall–Kier alpha value is -2.32. The Morgan fingerprint density at radius 3 is 2.69 bits per heavy atom. The fourth-order valence-corrected chi connectivity index (χ4v) is 4.20. The Bertz CT molecular complexity index is 802. The van der Waals surface area contributed by atoms with Crippen molar-refractivity contribution < 1.29 is 19.5 Å². The number of benzene rings is 1. The molecule has 26 heavy (non-hydrogen) atoms. The Balaban J connectivity index is 0.000000447. The van der Waals surface area contributed by atoms with Crippen LogP contribution >= 0.6 is 11.3 Å². The summed E-state index contributed by atoms with van der Waals surface area (Å²) in [6.45, 7) is 1.57. The average Bonchev–Trinajstić information content (AvgIpc) is 3.34. The van der Waals surface area contributed by atoms with Gasteiger partial charge in [0.25, 0.3) is 5.09 Å². The molecule has 1 aliphatic heterocycles. The lowest BCUT2D eigenvalue weighted by Gasteiger charge is -2.34. The topological polar surface area (TPSA) is 83.7 Å². The average molecular weight is 378 g/mol. The SMILES string of the molecule is O=C(C1CC1)C(c1ccccc1F)N1CCc2sccc2C1.O=[N+]([O-])O. The van der Waals surface area contributed by atoms with E-state index in [4.69, 9.17) is 15.3 Å². The number of hydrogen-bond acceptors (Lipinski definition) is 5. The van der Waals surface area contributed by atoms with Gasteiger partial charge in [0, 0.05) is 29.4 Å². The first-order valence-electron chi connectivity index (χ1n) is 8.38. The van der Waals surface area contributed by atoms with E-state index in [2.05, 4.69) is 16.3 Å². The van der Waals surface area contributed by atoms with Gasteiger partial charge in [-0.05, 0) is 42.3 Å². The summed E-state index contributed by atoms with van der Waals surface area (Å²) in [4.78, 5) is 24.7. The van der Waals surface area contributed by atoms with Crippen molar-refractivity contribution in [3.63, 3.8) is 0 Å². The molecule has 1 fully saturated rings. The number of Topliss-reactive ketones (excluding diaryl/α,β-unsaturated/α-hetero) is 1. The normalized spacial score (nSPS) is 17.6. The molecule has 0 saturated heterocycles. The molecule has 2 heterocycles. The molecular formula is C18H19FN2O4S. The zero-order chi connectivity index (χ0) is 18.7. The van der Waals surface area contributed by atoms with Crippen LogP contribution in [0.1, 0.15) is 34.9 Å². The van der Waals surface area contributed by atoms with Crippen LogP contribution in [0.15, 0.2) is 35.7 Å². The second-order valence-electron chi connectivity index (χ2n) is 6.43. The van der Waals surface area contributed by atoms with E-state index in [0.29, 0.717) is 5.56 Å². The van der Waals surface area contributed by atoms with E-state index in [-0.39, 0.29) is 17.5 Å². The number of carbonyl (C=O) groups is 1. The van der Waals surface area contributed by atoms with Gasteiger partial charge in [-0.25, -0.2) is 4.39 Å². The maximum absolute atomic E-state index is 14.3. The van der Waals surface area contributed by atoms with Gasteiger partial charge in [-0.1, -0.05) is 18.2 Å². The van der Waals surface area contributed by atoms with Crippen molar-refractivity contribution in [3.05, 3.63) is 67.6 Å². The van der Waals surface area contributed by atoms with E-state index in [1.165, 1.54) is 16.5 Å². The highest BCUT2D eigenvalue weighted by molar-refractivity contribution is 7.10. The number of thiophene rings is 1. The second-order valence-corrected chi connectivity index (χ2v) is 7.43. The maximum Gasteiger partial charge on any atom is 0.291 e. The molecule has 1 aromatic heterocycles. The molecule has 2 aromatic rings. The zero-order valence-corrected chi connectivity index (χ0v) is 14.8. The van der Waals surface area contributed by atoms with Crippen LogP contribution in [0.2, 0.25) is 0 Å². The van der Waals surface area contributed by atoms with Gasteiger partial charge in [0.05, 0.1) is 6.04 Å². The number of rotatable bonds is 4. The Morgan fingerprint density at radius 1 is 1.35 bits per heavy atom. The van der Waals surface area contributed by atoms with Crippen LogP contribution in [0.5, 0.6) is 0 Å². The largest absolute Gasteiger partial charge is 0.328 e. The number of nitrogens with zero attached hydrogens (tertiary/aromatic N) is 2. The number of ketones is 1. The van der Waals surface area contributed by atoms with Gasteiger partial charge in [0.2, 0.25) is 0 Å². The molecule has 138 valence electrons. The lowest BCUT2D eigenvalue weighted by molar-refractivity contribution is -0.742. The summed E-state index contributed by atoms with van der Waals surface area (Å²) >= 11 is 1.78. The third-order valence-corrected chi connectivity index (χ3v) is 5.67. The van der Waals surface area contributed by atoms with Crippen LogP contribution in [0.3, 0.4) is 0 Å². The van der Waals surface area contributed by atoms with Gasteiger partial charge < -0.3 is 5.21 Å². The van der Waals surface area contributed by atoms with Gasteiger partial charge in [-0.15, -0.1) is 21.5 Å². The predicted octanol–water partition coefficient (Wildman–Crippen LogP) is 3.62. The van der Waals surface area contributed by atoms with Crippen LogP contribution in [0.25, 0.3) is 0 Å². The molecule has 8 heteroatoms. The zero-order valence-electron chi connectivity index (χ0n) is 14.0. The number of halogens is 1. The van der Waals surface area contributed by atoms with E-state index in [1.807, 2.05) is 6.07 Å². The summed E-state index contributed by atoms with van der Waals surface area (Å²) in [5.74, 6) is 0.0647. The van der Waals surface area contributed by atoms with Crippen molar-refractivity contribution in [1.29, 1.82) is 0 Å². The van der Waals surface area contributed by atoms with E-state index < -0.39 is 11.1 Å². The predicted molar refractivity (Wildman–Crippen MR) is 94.1 cm³/mol. The van der Waals surface area contributed by atoms with Gasteiger partial charge in [-0.2, -0.15) is 0 Å². The summed E-state index contributed by atoms with van der Waals surface area (Å²) in [7, 11) is 0. The molecule has 0 spiro atoms. The fourth-order valence-electron chi connectivity index (χ4n) is 3.31. The summed E-state index contributed by atoms with van der Waals surface area (Å²) in [5, 5.41) is 15.7. The van der Waals surface area contributed by atoms with Crippen LogP contribution in [0, 0.1) is 21.8 Å². The molecule has 0 radical (unpaired) electrons. The van der Waals surface area contributed by atoms with E-state index in [9.17, 15) is 9.18 Å². The molecule has 1 aromatic carbocycles. The van der Waals surface area contributed by atoms with Gasteiger partial charge in [0.1, 0.15) is 5.82 Å². The third-order valence-electron chi connectivity index (χ3n) is 4.65. The molecule has 1 saturated carbocycles. The minimum atomic E-state index is -1.50. The first-order valence-corrected chi connectivity index (χ1v) is 9.26. The maximum atomic E-state index is 14.3. The van der Waals surface area contributed by atoms with Crippen LogP contribution in [0.4, 0.5) is 4.39 Å². The van der Waals surface area contributed by atoms with Crippen molar-refractivity contribution >= 4 is 17.1 Å². The summed E-state index contributed by atoms with van der Waals surface area (Å²) in [6, 6.07) is 8.44. The minimum Gasteiger partial charge on any atom is -0.328 e. The van der Waals surface area contributed by atoms with Crippen LogP contribution in [-0.4, -0.2) is 27.5 Å². The monoisotopic (exact) mass is 378 g/mol. The van der Waals surface area contributed by atoms with E-state index in [0.717, 1.165) is 32.4 Å². The molecule has 1 atom stereocenters. The summed E-state index contributed by atoms with van der Waals surface area (Å²) < 4.78 is 14.3. The third kappa shape index (κ3) is 4.25. The number of fused-ring (bicyclic) bond motifs is 1. The van der Waals surface area contributed by atoms with Gasteiger partial charge in [0.15, 0.2) is 5.78 Å². The molecule has 4 rings (SSSR count). The fraction of sp³-hybridized carbons (Fsp3) is 0.389. The quantitative estimate of drug-likeness (QED) is 0.649. The molecule has 1 N–H and O–H groups in total. The molecule has 0 amide bonds. The van der Waals surface area contributed by atoms with E-state index in [1.54, 1.807) is 23.5 Å². The molecule has 1 aliphatic carbocycles. The Morgan fingerprint density at radius 2 is 2.04 bits per heavy atom. The van der Waals surface area contributed by atoms with Crippen molar-refractivity contribution in [3.8, 4) is 0 Å². The first kappa shape index (κ1) is 18.5. The van der Waals surface area contributed by atoms with Crippen LogP contribution in [-0.2, 0) is 17.8 Å². The van der Waals surface area contributed by atoms with Crippen molar-refractivity contribution in [1.82, 2.24) is 4.90 Å². The smallest absolute Gasteiger partial charge is 0.291 e. The van der Waals surface area contributed by atoms with E-state index >= 15 is 0 Å². The van der Waals surface area contributed by atoms with Gasteiger partial charge in [-0.3, -0.25) is 9.69 Å². The molecule has 0 bridgehead atoms. The number of hydrogen-bond donors (Lipinski definition) is 1. The Kier molecular flexibility index (Phi) is 5.63. The first-order chi connectivity index (χ1) is 12.5.